The number of hydrogen-bond acceptors (Lipinski definition) is 4. The van der Waals surface area contributed by atoms with Crippen molar-refractivity contribution in [1.29, 1.82) is 0 Å². The van der Waals surface area contributed by atoms with Crippen LogP contribution in [0.15, 0.2) is 65.7 Å². The SMILES string of the molecule is O=C(O)C(Cl)=Cc1ccc(C(=O)Nc2cc(-c3ccccc3)c(C(=O)O)s2)cc1. The number of carboxylic acid groups (broad SMARTS) is 2. The number of anilines is 1. The van der Waals surface area contributed by atoms with Crippen LogP contribution in [0, 0.1) is 0 Å². The van der Waals surface area contributed by atoms with Gasteiger partial charge in [0.05, 0.1) is 5.00 Å². The zero-order chi connectivity index (χ0) is 21.0. The van der Waals surface area contributed by atoms with Gasteiger partial charge in [-0.05, 0) is 35.4 Å². The first kappa shape index (κ1) is 20.3. The molecule has 0 saturated heterocycles. The van der Waals surface area contributed by atoms with Gasteiger partial charge in [-0.25, -0.2) is 9.59 Å². The fourth-order valence-electron chi connectivity index (χ4n) is 2.57. The van der Waals surface area contributed by atoms with Crippen molar-refractivity contribution in [2.75, 3.05) is 5.32 Å². The van der Waals surface area contributed by atoms with Gasteiger partial charge in [0, 0.05) is 11.1 Å². The molecule has 29 heavy (non-hydrogen) atoms. The van der Waals surface area contributed by atoms with Gasteiger partial charge in [-0.1, -0.05) is 54.1 Å². The third-order valence-corrected chi connectivity index (χ3v) is 5.23. The molecule has 3 N–H and O–H groups in total. The lowest BCUT2D eigenvalue weighted by molar-refractivity contribution is -0.131. The molecule has 0 unspecified atom stereocenters. The molecule has 3 aromatic rings. The highest BCUT2D eigenvalue weighted by Gasteiger charge is 2.18. The lowest BCUT2D eigenvalue weighted by Gasteiger charge is -2.03. The van der Waals surface area contributed by atoms with Gasteiger partial charge < -0.3 is 15.5 Å². The fourth-order valence-corrected chi connectivity index (χ4v) is 3.61. The maximum atomic E-state index is 12.5. The molecule has 2 aromatic carbocycles. The molecule has 0 fully saturated rings. The summed E-state index contributed by atoms with van der Waals surface area (Å²) in [6.45, 7) is 0. The van der Waals surface area contributed by atoms with Crippen molar-refractivity contribution in [3.63, 3.8) is 0 Å². The van der Waals surface area contributed by atoms with Gasteiger partial charge in [0.1, 0.15) is 9.91 Å². The number of amides is 1. The number of carboxylic acids is 2. The molecule has 146 valence electrons. The Bertz CT molecular complexity index is 1100. The predicted octanol–water partition coefficient (Wildman–Crippen LogP) is 5.03. The normalized spacial score (nSPS) is 11.1. The van der Waals surface area contributed by atoms with Crippen LogP contribution in [-0.4, -0.2) is 28.1 Å². The quantitative estimate of drug-likeness (QED) is 0.478. The van der Waals surface area contributed by atoms with Gasteiger partial charge in [0.15, 0.2) is 0 Å². The molecule has 0 aliphatic carbocycles. The summed E-state index contributed by atoms with van der Waals surface area (Å²) in [6, 6.07) is 16.9. The molecular formula is C21H14ClNO5S. The highest BCUT2D eigenvalue weighted by atomic mass is 35.5. The second kappa shape index (κ2) is 8.72. The smallest absolute Gasteiger partial charge is 0.347 e. The summed E-state index contributed by atoms with van der Waals surface area (Å²) in [5.41, 5.74) is 2.14. The van der Waals surface area contributed by atoms with Gasteiger partial charge in [-0.3, -0.25) is 4.79 Å². The van der Waals surface area contributed by atoms with Crippen molar-refractivity contribution in [3.8, 4) is 11.1 Å². The molecule has 0 radical (unpaired) electrons. The average Bonchev–Trinajstić information content (AvgIpc) is 3.13. The maximum absolute atomic E-state index is 12.5. The summed E-state index contributed by atoms with van der Waals surface area (Å²) in [7, 11) is 0. The second-order valence-corrected chi connectivity index (χ2v) is 7.36. The molecule has 0 bridgehead atoms. The number of benzene rings is 2. The Morgan fingerprint density at radius 2 is 1.62 bits per heavy atom. The Kier molecular flexibility index (Phi) is 6.11. The van der Waals surface area contributed by atoms with E-state index in [9.17, 15) is 19.5 Å². The Hall–Kier alpha value is -3.42. The first-order chi connectivity index (χ1) is 13.8. The molecule has 0 aliphatic rings. The Morgan fingerprint density at radius 1 is 0.966 bits per heavy atom. The van der Waals surface area contributed by atoms with Crippen molar-refractivity contribution in [2.45, 2.75) is 0 Å². The van der Waals surface area contributed by atoms with Gasteiger partial charge in [0.2, 0.25) is 0 Å². The highest BCUT2D eigenvalue weighted by Crippen LogP contribution is 2.35. The summed E-state index contributed by atoms with van der Waals surface area (Å²) < 4.78 is 0. The maximum Gasteiger partial charge on any atom is 0.347 e. The molecule has 0 aliphatic heterocycles. The molecule has 3 rings (SSSR count). The number of halogens is 1. The summed E-state index contributed by atoms with van der Waals surface area (Å²) in [4.78, 5) is 35.0. The highest BCUT2D eigenvalue weighted by molar-refractivity contribution is 7.18. The van der Waals surface area contributed by atoms with E-state index in [4.69, 9.17) is 16.7 Å². The summed E-state index contributed by atoms with van der Waals surface area (Å²) in [5, 5.41) is 21.0. The zero-order valence-corrected chi connectivity index (χ0v) is 16.3. The van der Waals surface area contributed by atoms with Crippen LogP contribution in [0.1, 0.15) is 25.6 Å². The first-order valence-electron chi connectivity index (χ1n) is 8.29. The van der Waals surface area contributed by atoms with E-state index in [1.54, 1.807) is 30.3 Å². The summed E-state index contributed by atoms with van der Waals surface area (Å²) in [6.07, 6.45) is 1.27. The van der Waals surface area contributed by atoms with Crippen LogP contribution in [0.2, 0.25) is 0 Å². The van der Waals surface area contributed by atoms with Gasteiger partial charge in [0.25, 0.3) is 5.91 Å². The largest absolute Gasteiger partial charge is 0.477 e. The monoisotopic (exact) mass is 427 g/mol. The molecule has 0 atom stereocenters. The Labute approximate surface area is 174 Å². The van der Waals surface area contributed by atoms with Crippen LogP contribution in [0.5, 0.6) is 0 Å². The Morgan fingerprint density at radius 3 is 2.21 bits per heavy atom. The van der Waals surface area contributed by atoms with Crippen molar-refractivity contribution in [1.82, 2.24) is 0 Å². The number of hydrogen-bond donors (Lipinski definition) is 3. The van der Waals surface area contributed by atoms with Crippen LogP contribution in [-0.2, 0) is 4.79 Å². The van der Waals surface area contributed by atoms with Crippen LogP contribution in [0.25, 0.3) is 17.2 Å². The van der Waals surface area contributed by atoms with Gasteiger partial charge in [-0.15, -0.1) is 11.3 Å². The molecular weight excluding hydrogens is 414 g/mol. The van der Waals surface area contributed by atoms with E-state index in [1.807, 2.05) is 18.2 Å². The van der Waals surface area contributed by atoms with E-state index >= 15 is 0 Å². The molecule has 8 heteroatoms. The van der Waals surface area contributed by atoms with Crippen molar-refractivity contribution < 1.29 is 24.6 Å². The van der Waals surface area contributed by atoms with Gasteiger partial charge >= 0.3 is 11.9 Å². The van der Waals surface area contributed by atoms with Crippen LogP contribution in [0.3, 0.4) is 0 Å². The zero-order valence-electron chi connectivity index (χ0n) is 14.8. The summed E-state index contributed by atoms with van der Waals surface area (Å²) >= 11 is 6.57. The van der Waals surface area contributed by atoms with E-state index in [2.05, 4.69) is 5.32 Å². The van der Waals surface area contributed by atoms with Crippen molar-refractivity contribution >= 4 is 51.9 Å². The molecule has 0 spiro atoms. The van der Waals surface area contributed by atoms with Crippen LogP contribution >= 0.6 is 22.9 Å². The topological polar surface area (TPSA) is 104 Å². The van der Waals surface area contributed by atoms with Gasteiger partial charge in [-0.2, -0.15) is 0 Å². The minimum Gasteiger partial charge on any atom is -0.477 e. The third-order valence-electron chi connectivity index (χ3n) is 3.92. The molecule has 0 saturated carbocycles. The number of thiophene rings is 1. The van der Waals surface area contributed by atoms with E-state index < -0.39 is 17.8 Å². The summed E-state index contributed by atoms with van der Waals surface area (Å²) in [5.74, 6) is -2.72. The molecule has 1 amide bonds. The van der Waals surface area contributed by atoms with E-state index in [-0.39, 0.29) is 9.91 Å². The molecule has 6 nitrogen and oxygen atoms in total. The van der Waals surface area contributed by atoms with Crippen LogP contribution in [0.4, 0.5) is 5.00 Å². The number of carbonyl (C=O) groups excluding carboxylic acids is 1. The van der Waals surface area contributed by atoms with Crippen molar-refractivity contribution in [2.24, 2.45) is 0 Å². The first-order valence-corrected chi connectivity index (χ1v) is 9.49. The van der Waals surface area contributed by atoms with Crippen molar-refractivity contribution in [3.05, 3.63) is 81.7 Å². The molecule has 1 heterocycles. The number of aromatic carboxylic acids is 1. The number of carbonyl (C=O) groups is 3. The minimum atomic E-state index is -1.24. The Balaban J connectivity index is 1.81. The molecule has 1 aromatic heterocycles. The number of rotatable bonds is 6. The predicted molar refractivity (Wildman–Crippen MR) is 113 cm³/mol. The van der Waals surface area contributed by atoms with Crippen LogP contribution < -0.4 is 5.32 Å². The third kappa shape index (κ3) is 4.90. The minimum absolute atomic E-state index is 0.135. The lowest BCUT2D eigenvalue weighted by Crippen LogP contribution is -2.10. The standard InChI is InChI=1S/C21H14ClNO5S/c22-16(20(25)26)10-12-6-8-14(9-7-12)19(24)23-17-11-15(18(29-17)21(27)28)13-4-2-1-3-5-13/h1-11H,(H,23,24)(H,25,26)(H,27,28). The second-order valence-electron chi connectivity index (χ2n) is 5.90. The number of aliphatic carboxylic acids is 1. The lowest BCUT2D eigenvalue weighted by atomic mass is 10.1. The van der Waals surface area contributed by atoms with E-state index in [1.165, 1.54) is 18.2 Å². The number of nitrogens with one attached hydrogen (secondary N) is 1. The van der Waals surface area contributed by atoms with E-state index in [0.717, 1.165) is 16.9 Å². The van der Waals surface area contributed by atoms with E-state index in [0.29, 0.717) is 21.7 Å². The fraction of sp³-hybridized carbons (Fsp3) is 0. The average molecular weight is 428 g/mol.